The molecule has 0 radical (unpaired) electrons. The van der Waals surface area contributed by atoms with Crippen LogP contribution in [0.4, 0.5) is 0 Å². The Bertz CT molecular complexity index is 282. The Morgan fingerprint density at radius 2 is 1.35 bits per heavy atom. The summed E-state index contributed by atoms with van der Waals surface area (Å²) >= 11 is 0. The van der Waals surface area contributed by atoms with E-state index in [2.05, 4.69) is 41.5 Å². The molecule has 1 aliphatic carbocycles. The van der Waals surface area contributed by atoms with Crippen LogP contribution in [0.5, 0.6) is 0 Å². The Balaban J connectivity index is 2.62. The van der Waals surface area contributed by atoms with E-state index in [1.165, 1.54) is 70.6 Å². The fraction of sp³-hybridized carbons (Fsp3) is 1.00. The van der Waals surface area contributed by atoms with Crippen LogP contribution in [-0.4, -0.2) is 0 Å². The Kier molecular flexibility index (Phi) is 10.6. The van der Waals surface area contributed by atoms with E-state index < -0.39 is 0 Å². The third kappa shape index (κ3) is 8.59. The Hall–Kier alpha value is 0. The maximum Gasteiger partial charge on any atom is -0.0391 e. The van der Waals surface area contributed by atoms with Crippen LogP contribution in [0.3, 0.4) is 0 Å². The lowest BCUT2D eigenvalue weighted by Gasteiger charge is -2.30. The molecule has 6 unspecified atom stereocenters. The van der Waals surface area contributed by atoms with Gasteiger partial charge in [0.05, 0.1) is 0 Å². The maximum atomic E-state index is 2.53. The summed E-state index contributed by atoms with van der Waals surface area (Å²) in [5, 5.41) is 0. The average Bonchev–Trinajstić information content (AvgIpc) is 2.49. The molecule has 23 heavy (non-hydrogen) atoms. The summed E-state index contributed by atoms with van der Waals surface area (Å²) in [5.74, 6) is 5.54. The lowest BCUT2D eigenvalue weighted by Crippen LogP contribution is -2.20. The second kappa shape index (κ2) is 11.5. The quantitative estimate of drug-likeness (QED) is 0.492. The molecule has 0 bridgehead atoms. The van der Waals surface area contributed by atoms with E-state index in [9.17, 15) is 0 Å². The molecule has 1 fully saturated rings. The van der Waals surface area contributed by atoms with Crippen molar-refractivity contribution in [3.8, 4) is 0 Å². The summed E-state index contributed by atoms with van der Waals surface area (Å²) in [6.07, 6.45) is 16.0. The summed E-state index contributed by atoms with van der Waals surface area (Å²) in [5.41, 5.74) is 0. The van der Waals surface area contributed by atoms with Crippen LogP contribution < -0.4 is 0 Å². The number of hydrogen-bond acceptors (Lipinski definition) is 0. The molecule has 6 atom stereocenters. The van der Waals surface area contributed by atoms with Gasteiger partial charge in [0.2, 0.25) is 0 Å². The molecule has 138 valence electrons. The van der Waals surface area contributed by atoms with Gasteiger partial charge in [-0.2, -0.15) is 0 Å². The minimum atomic E-state index is 0.894. The highest BCUT2D eigenvalue weighted by molar-refractivity contribution is 4.74. The van der Waals surface area contributed by atoms with Crippen molar-refractivity contribution >= 4 is 0 Å². The van der Waals surface area contributed by atoms with Gasteiger partial charge in [0.1, 0.15) is 0 Å². The molecule has 0 nitrogen and oxygen atoms in total. The highest BCUT2D eigenvalue weighted by Crippen LogP contribution is 2.34. The van der Waals surface area contributed by atoms with Gasteiger partial charge in [-0.3, -0.25) is 0 Å². The monoisotopic (exact) mass is 322 g/mol. The molecular formula is C23H46. The third-order valence-corrected chi connectivity index (χ3v) is 6.85. The van der Waals surface area contributed by atoms with Gasteiger partial charge >= 0.3 is 0 Å². The fourth-order valence-electron chi connectivity index (χ4n) is 5.07. The Morgan fingerprint density at radius 1 is 0.696 bits per heavy atom. The first-order valence-corrected chi connectivity index (χ1v) is 10.9. The fourth-order valence-corrected chi connectivity index (χ4v) is 5.07. The highest BCUT2D eigenvalue weighted by atomic mass is 14.3. The van der Waals surface area contributed by atoms with E-state index >= 15 is 0 Å². The minimum Gasteiger partial charge on any atom is -0.0654 e. The molecule has 0 aromatic carbocycles. The topological polar surface area (TPSA) is 0 Å². The van der Waals surface area contributed by atoms with Crippen LogP contribution in [0.25, 0.3) is 0 Å². The van der Waals surface area contributed by atoms with E-state index in [0.717, 1.165) is 35.5 Å². The van der Waals surface area contributed by atoms with Crippen LogP contribution in [0.15, 0.2) is 0 Å². The Morgan fingerprint density at radius 3 is 2.04 bits per heavy atom. The lowest BCUT2D eigenvalue weighted by molar-refractivity contribution is 0.204. The first kappa shape index (κ1) is 21.0. The molecule has 0 amide bonds. The van der Waals surface area contributed by atoms with E-state index in [1.807, 2.05) is 0 Å². The van der Waals surface area contributed by atoms with E-state index in [1.54, 1.807) is 0 Å². The predicted molar refractivity (Wildman–Crippen MR) is 106 cm³/mol. The standard InChI is InChI=1S/C23H46/c1-7-8-13-23-14-11-9-10-12-20(4)22(6)21(5)16-18(2)15-19(3)17-23/h18-23H,7-17H2,1-6H3. The maximum absolute atomic E-state index is 2.53. The number of rotatable bonds is 3. The van der Waals surface area contributed by atoms with Crippen molar-refractivity contribution in [3.05, 3.63) is 0 Å². The SMILES string of the molecule is CCCCC1CCCCCC(C)C(C)C(C)CC(C)CC(C)C1. The molecule has 1 rings (SSSR count). The highest BCUT2D eigenvalue weighted by Gasteiger charge is 2.23. The van der Waals surface area contributed by atoms with Gasteiger partial charge in [-0.1, -0.05) is 92.9 Å². The van der Waals surface area contributed by atoms with Crippen LogP contribution >= 0.6 is 0 Å². The molecule has 0 aromatic heterocycles. The molecule has 0 spiro atoms. The number of unbranched alkanes of at least 4 members (excludes halogenated alkanes) is 1. The van der Waals surface area contributed by atoms with Crippen molar-refractivity contribution in [2.45, 2.75) is 112 Å². The Labute approximate surface area is 148 Å². The van der Waals surface area contributed by atoms with Crippen molar-refractivity contribution in [1.82, 2.24) is 0 Å². The number of hydrogen-bond donors (Lipinski definition) is 0. The largest absolute Gasteiger partial charge is 0.0654 e. The summed E-state index contributed by atoms with van der Waals surface area (Å²) in [4.78, 5) is 0. The molecule has 0 N–H and O–H groups in total. The predicted octanol–water partition coefficient (Wildman–Crippen LogP) is 8.11. The van der Waals surface area contributed by atoms with Gasteiger partial charge in [-0.15, -0.1) is 0 Å². The smallest absolute Gasteiger partial charge is 0.0391 e. The molecule has 0 saturated heterocycles. The zero-order chi connectivity index (χ0) is 17.2. The van der Waals surface area contributed by atoms with E-state index in [0.29, 0.717) is 0 Å². The summed E-state index contributed by atoms with van der Waals surface area (Å²) in [6.45, 7) is 14.9. The summed E-state index contributed by atoms with van der Waals surface area (Å²) in [6, 6.07) is 0. The van der Waals surface area contributed by atoms with E-state index in [-0.39, 0.29) is 0 Å². The zero-order valence-corrected chi connectivity index (χ0v) is 17.2. The third-order valence-electron chi connectivity index (χ3n) is 6.85. The van der Waals surface area contributed by atoms with Crippen LogP contribution in [-0.2, 0) is 0 Å². The van der Waals surface area contributed by atoms with Gasteiger partial charge in [0.25, 0.3) is 0 Å². The van der Waals surface area contributed by atoms with Gasteiger partial charge < -0.3 is 0 Å². The lowest BCUT2D eigenvalue weighted by atomic mass is 9.75. The van der Waals surface area contributed by atoms with Crippen molar-refractivity contribution in [2.75, 3.05) is 0 Å². The van der Waals surface area contributed by atoms with Crippen molar-refractivity contribution < 1.29 is 0 Å². The van der Waals surface area contributed by atoms with Crippen LogP contribution in [0.1, 0.15) is 112 Å². The van der Waals surface area contributed by atoms with Crippen LogP contribution in [0.2, 0.25) is 0 Å². The second-order valence-electron chi connectivity index (χ2n) is 9.38. The minimum absolute atomic E-state index is 0.894. The van der Waals surface area contributed by atoms with Gasteiger partial charge in [-0.05, 0) is 54.8 Å². The van der Waals surface area contributed by atoms with Gasteiger partial charge in [0.15, 0.2) is 0 Å². The summed E-state index contributed by atoms with van der Waals surface area (Å²) in [7, 11) is 0. The van der Waals surface area contributed by atoms with Crippen molar-refractivity contribution in [2.24, 2.45) is 35.5 Å². The van der Waals surface area contributed by atoms with Gasteiger partial charge in [-0.25, -0.2) is 0 Å². The molecule has 0 heterocycles. The van der Waals surface area contributed by atoms with Gasteiger partial charge in [0, 0.05) is 0 Å². The molecule has 1 saturated carbocycles. The first-order chi connectivity index (χ1) is 10.9. The molecule has 0 aliphatic heterocycles. The van der Waals surface area contributed by atoms with Crippen molar-refractivity contribution in [1.29, 1.82) is 0 Å². The van der Waals surface area contributed by atoms with E-state index in [4.69, 9.17) is 0 Å². The molecule has 0 aromatic rings. The normalized spacial score (nSPS) is 38.9. The van der Waals surface area contributed by atoms with Crippen LogP contribution in [0, 0.1) is 35.5 Å². The molecular weight excluding hydrogens is 276 g/mol. The average molecular weight is 323 g/mol. The molecule has 0 heteroatoms. The zero-order valence-electron chi connectivity index (χ0n) is 17.2. The molecule has 1 aliphatic rings. The first-order valence-electron chi connectivity index (χ1n) is 10.9. The second-order valence-corrected chi connectivity index (χ2v) is 9.38. The summed E-state index contributed by atoms with van der Waals surface area (Å²) < 4.78 is 0. The van der Waals surface area contributed by atoms with Crippen molar-refractivity contribution in [3.63, 3.8) is 0 Å².